The Morgan fingerprint density at radius 1 is 1.00 bits per heavy atom. The molecule has 2 heteroatoms. The van der Waals surface area contributed by atoms with Crippen molar-refractivity contribution in [1.82, 2.24) is 0 Å². The first-order valence-corrected chi connectivity index (χ1v) is 6.58. The molecule has 1 atom stereocenters. The lowest BCUT2D eigenvalue weighted by Gasteiger charge is -2.12. The highest BCUT2D eigenvalue weighted by Crippen LogP contribution is 2.30. The molecule has 0 radical (unpaired) electrons. The van der Waals surface area contributed by atoms with Gasteiger partial charge >= 0.3 is 0 Å². The zero-order chi connectivity index (χ0) is 12.1. The van der Waals surface area contributed by atoms with Gasteiger partial charge in [-0.3, -0.25) is 0 Å². The third-order valence-corrected chi connectivity index (χ3v) is 3.08. The summed E-state index contributed by atoms with van der Waals surface area (Å²) in [5, 5.41) is 0. The molecule has 0 fully saturated rings. The largest absolute Gasteiger partial charge is 0.489 e. The smallest absolute Gasteiger partial charge is 0.124 e. The van der Waals surface area contributed by atoms with Crippen LogP contribution in [0.3, 0.4) is 0 Å². The van der Waals surface area contributed by atoms with Crippen LogP contribution >= 0.6 is 15.9 Å². The minimum atomic E-state index is 0.300. The van der Waals surface area contributed by atoms with Gasteiger partial charge < -0.3 is 4.74 Å². The van der Waals surface area contributed by atoms with E-state index >= 15 is 0 Å². The van der Waals surface area contributed by atoms with Crippen molar-refractivity contribution in [3.63, 3.8) is 0 Å². The Morgan fingerprint density at radius 3 is 2.35 bits per heavy atom. The van der Waals surface area contributed by atoms with Gasteiger partial charge in [0.25, 0.3) is 0 Å². The van der Waals surface area contributed by atoms with Crippen molar-refractivity contribution in [3.05, 3.63) is 65.7 Å². The quantitative estimate of drug-likeness (QED) is 0.740. The second-order valence-electron chi connectivity index (χ2n) is 3.93. The third-order valence-electron chi connectivity index (χ3n) is 2.58. The fraction of sp³-hybridized carbons (Fsp3) is 0.200. The predicted octanol–water partition coefficient (Wildman–Crippen LogP) is 4.72. The van der Waals surface area contributed by atoms with Gasteiger partial charge in [0.15, 0.2) is 0 Å². The predicted molar refractivity (Wildman–Crippen MR) is 74.6 cm³/mol. The first-order chi connectivity index (χ1) is 8.27. The van der Waals surface area contributed by atoms with E-state index in [-0.39, 0.29) is 0 Å². The minimum absolute atomic E-state index is 0.300. The van der Waals surface area contributed by atoms with E-state index in [1.165, 1.54) is 11.1 Å². The maximum absolute atomic E-state index is 5.85. The fourth-order valence-corrected chi connectivity index (χ4v) is 2.05. The molecule has 0 N–H and O–H groups in total. The van der Waals surface area contributed by atoms with Gasteiger partial charge in [0.2, 0.25) is 0 Å². The molecule has 88 valence electrons. The SMILES string of the molecule is CC(Br)c1ccccc1OCc1ccccc1. The van der Waals surface area contributed by atoms with Gasteiger partial charge in [-0.05, 0) is 18.6 Å². The zero-order valence-electron chi connectivity index (χ0n) is 9.77. The molecular formula is C15H15BrO. The zero-order valence-corrected chi connectivity index (χ0v) is 11.4. The number of benzene rings is 2. The lowest BCUT2D eigenvalue weighted by atomic mass is 10.1. The molecule has 1 nitrogen and oxygen atoms in total. The summed E-state index contributed by atoms with van der Waals surface area (Å²) in [4.78, 5) is 0.300. The minimum Gasteiger partial charge on any atom is -0.489 e. The number of para-hydroxylation sites is 1. The highest BCUT2D eigenvalue weighted by Gasteiger charge is 2.07. The average Bonchev–Trinajstić information content (AvgIpc) is 2.38. The fourth-order valence-electron chi connectivity index (χ4n) is 1.68. The first-order valence-electron chi connectivity index (χ1n) is 5.67. The summed E-state index contributed by atoms with van der Waals surface area (Å²) >= 11 is 3.58. The molecule has 2 rings (SSSR count). The van der Waals surface area contributed by atoms with Crippen molar-refractivity contribution in [2.75, 3.05) is 0 Å². The Bertz CT molecular complexity index is 465. The number of hydrogen-bond donors (Lipinski definition) is 0. The molecule has 0 aliphatic heterocycles. The van der Waals surface area contributed by atoms with E-state index in [1.54, 1.807) is 0 Å². The van der Waals surface area contributed by atoms with Crippen LogP contribution in [0, 0.1) is 0 Å². The van der Waals surface area contributed by atoms with E-state index in [9.17, 15) is 0 Å². The van der Waals surface area contributed by atoms with Crippen LogP contribution in [0.25, 0.3) is 0 Å². The maximum Gasteiger partial charge on any atom is 0.124 e. The van der Waals surface area contributed by atoms with Crippen LogP contribution in [0.15, 0.2) is 54.6 Å². The normalized spacial score (nSPS) is 12.1. The van der Waals surface area contributed by atoms with Crippen LogP contribution < -0.4 is 4.74 Å². The van der Waals surface area contributed by atoms with Crippen LogP contribution in [0.5, 0.6) is 5.75 Å². The average molecular weight is 291 g/mol. The summed E-state index contributed by atoms with van der Waals surface area (Å²) in [5.74, 6) is 0.945. The lowest BCUT2D eigenvalue weighted by molar-refractivity contribution is 0.303. The second-order valence-corrected chi connectivity index (χ2v) is 5.30. The first kappa shape index (κ1) is 12.2. The number of alkyl halides is 1. The molecule has 0 saturated carbocycles. The highest BCUT2D eigenvalue weighted by atomic mass is 79.9. The molecule has 0 aromatic heterocycles. The van der Waals surface area contributed by atoms with Crippen molar-refractivity contribution in [2.24, 2.45) is 0 Å². The van der Waals surface area contributed by atoms with Crippen LogP contribution in [-0.2, 0) is 6.61 Å². The Hall–Kier alpha value is -1.28. The maximum atomic E-state index is 5.85. The number of ether oxygens (including phenoxy) is 1. The van der Waals surface area contributed by atoms with Gasteiger partial charge in [-0.2, -0.15) is 0 Å². The van der Waals surface area contributed by atoms with Crippen molar-refractivity contribution < 1.29 is 4.74 Å². The number of hydrogen-bond acceptors (Lipinski definition) is 1. The summed E-state index contributed by atoms with van der Waals surface area (Å²) in [6, 6.07) is 18.3. The van der Waals surface area contributed by atoms with Gasteiger partial charge in [-0.1, -0.05) is 64.5 Å². The summed E-state index contributed by atoms with van der Waals surface area (Å²) < 4.78 is 5.85. The summed E-state index contributed by atoms with van der Waals surface area (Å²) in [6.07, 6.45) is 0. The van der Waals surface area contributed by atoms with Gasteiger partial charge in [0, 0.05) is 10.4 Å². The van der Waals surface area contributed by atoms with Gasteiger partial charge in [0.1, 0.15) is 12.4 Å². The van der Waals surface area contributed by atoms with Crippen molar-refractivity contribution in [2.45, 2.75) is 18.4 Å². The third kappa shape index (κ3) is 3.34. The number of rotatable bonds is 4. The molecule has 0 saturated heterocycles. The summed E-state index contributed by atoms with van der Waals surface area (Å²) in [7, 11) is 0. The van der Waals surface area contributed by atoms with E-state index < -0.39 is 0 Å². The van der Waals surface area contributed by atoms with E-state index in [1.807, 2.05) is 36.4 Å². The van der Waals surface area contributed by atoms with E-state index in [4.69, 9.17) is 4.74 Å². The molecule has 0 aliphatic carbocycles. The molecular weight excluding hydrogens is 276 g/mol. The summed E-state index contributed by atoms with van der Waals surface area (Å²) in [5.41, 5.74) is 2.37. The van der Waals surface area contributed by atoms with E-state index in [0.29, 0.717) is 11.4 Å². The topological polar surface area (TPSA) is 9.23 Å². The Labute approximate surface area is 111 Å². The lowest BCUT2D eigenvalue weighted by Crippen LogP contribution is -1.98. The van der Waals surface area contributed by atoms with Crippen molar-refractivity contribution in [1.29, 1.82) is 0 Å². The molecule has 0 aliphatic rings. The Morgan fingerprint density at radius 2 is 1.65 bits per heavy atom. The molecule has 0 amide bonds. The molecule has 2 aromatic carbocycles. The van der Waals surface area contributed by atoms with E-state index in [0.717, 1.165) is 5.75 Å². The molecule has 2 aromatic rings. The van der Waals surface area contributed by atoms with Crippen LogP contribution in [-0.4, -0.2) is 0 Å². The van der Waals surface area contributed by atoms with Crippen LogP contribution in [0.4, 0.5) is 0 Å². The molecule has 0 spiro atoms. The number of halogens is 1. The Kier molecular flexibility index (Phi) is 4.21. The van der Waals surface area contributed by atoms with Crippen molar-refractivity contribution in [3.8, 4) is 5.75 Å². The second kappa shape index (κ2) is 5.87. The standard InChI is InChI=1S/C15H15BrO/c1-12(16)14-9-5-6-10-15(14)17-11-13-7-3-2-4-8-13/h2-10,12H,11H2,1H3. The molecule has 17 heavy (non-hydrogen) atoms. The highest BCUT2D eigenvalue weighted by molar-refractivity contribution is 9.09. The van der Waals surface area contributed by atoms with Gasteiger partial charge in [-0.25, -0.2) is 0 Å². The molecule has 0 bridgehead atoms. The monoisotopic (exact) mass is 290 g/mol. The Balaban J connectivity index is 2.09. The van der Waals surface area contributed by atoms with Crippen molar-refractivity contribution >= 4 is 15.9 Å². The van der Waals surface area contributed by atoms with Gasteiger partial charge in [0.05, 0.1) is 0 Å². The van der Waals surface area contributed by atoms with Crippen LogP contribution in [0.1, 0.15) is 22.9 Å². The molecule has 0 heterocycles. The van der Waals surface area contributed by atoms with Crippen LogP contribution in [0.2, 0.25) is 0 Å². The summed E-state index contributed by atoms with van der Waals surface area (Å²) in [6.45, 7) is 2.71. The van der Waals surface area contributed by atoms with E-state index in [2.05, 4.69) is 41.1 Å². The van der Waals surface area contributed by atoms with Gasteiger partial charge in [-0.15, -0.1) is 0 Å². The molecule has 1 unspecified atom stereocenters.